The van der Waals surface area contributed by atoms with Gasteiger partial charge < -0.3 is 9.72 Å². The lowest BCUT2D eigenvalue weighted by Gasteiger charge is -1.96. The van der Waals surface area contributed by atoms with Crippen LogP contribution < -0.4 is 0 Å². The summed E-state index contributed by atoms with van der Waals surface area (Å²) in [6.45, 7) is 1.79. The smallest absolute Gasteiger partial charge is 0.356 e. The van der Waals surface area contributed by atoms with Crippen LogP contribution in [0, 0.1) is 6.92 Å². The van der Waals surface area contributed by atoms with Crippen molar-refractivity contribution in [1.29, 1.82) is 0 Å². The van der Waals surface area contributed by atoms with Gasteiger partial charge in [-0.15, -0.1) is 0 Å². The molecule has 0 spiro atoms. The lowest BCUT2D eigenvalue weighted by atomic mass is 10.4. The molecule has 16 heavy (non-hydrogen) atoms. The highest BCUT2D eigenvalue weighted by atomic mass is 16.5. The molecule has 0 aromatic carbocycles. The van der Waals surface area contributed by atoms with Gasteiger partial charge in [0.25, 0.3) is 0 Å². The Balaban J connectivity index is 2.35. The molecule has 6 nitrogen and oxygen atoms in total. The minimum atomic E-state index is -0.454. The number of hydrogen-bond donors (Lipinski definition) is 1. The predicted octanol–water partition coefficient (Wildman–Crippen LogP) is 0.962. The number of hydrogen-bond acceptors (Lipinski definition) is 5. The van der Waals surface area contributed by atoms with Gasteiger partial charge in [-0.1, -0.05) is 0 Å². The number of rotatable bonds is 2. The van der Waals surface area contributed by atoms with Crippen molar-refractivity contribution in [1.82, 2.24) is 19.9 Å². The Labute approximate surface area is 91.7 Å². The monoisotopic (exact) mass is 218 g/mol. The topological polar surface area (TPSA) is 80.8 Å². The van der Waals surface area contributed by atoms with E-state index >= 15 is 0 Å². The number of nitrogens with one attached hydrogen (secondary N) is 1. The highest BCUT2D eigenvalue weighted by molar-refractivity contribution is 5.87. The van der Waals surface area contributed by atoms with Crippen LogP contribution in [0.4, 0.5) is 0 Å². The normalized spacial score (nSPS) is 10.1. The Kier molecular flexibility index (Phi) is 2.63. The van der Waals surface area contributed by atoms with E-state index in [2.05, 4.69) is 24.7 Å². The van der Waals surface area contributed by atoms with E-state index in [1.165, 1.54) is 13.3 Å². The van der Waals surface area contributed by atoms with E-state index in [-0.39, 0.29) is 0 Å². The second-order valence-electron chi connectivity index (χ2n) is 3.13. The first-order valence-corrected chi connectivity index (χ1v) is 4.64. The van der Waals surface area contributed by atoms with Crippen molar-refractivity contribution >= 4 is 5.97 Å². The summed E-state index contributed by atoms with van der Waals surface area (Å²) in [6, 6.07) is 1.72. The SMILES string of the molecule is COC(=O)c1cnc(-c2ccnc(C)n2)[nH]1. The number of methoxy groups -OCH3 is 1. The number of esters is 1. The number of imidazole rings is 1. The van der Waals surface area contributed by atoms with Gasteiger partial charge in [0.2, 0.25) is 0 Å². The molecule has 2 heterocycles. The van der Waals surface area contributed by atoms with Crippen LogP contribution >= 0.6 is 0 Å². The summed E-state index contributed by atoms with van der Waals surface area (Å²) < 4.78 is 4.57. The molecule has 2 aromatic heterocycles. The van der Waals surface area contributed by atoms with E-state index in [4.69, 9.17) is 0 Å². The first kappa shape index (κ1) is 10.3. The zero-order chi connectivity index (χ0) is 11.5. The van der Waals surface area contributed by atoms with Crippen molar-refractivity contribution < 1.29 is 9.53 Å². The summed E-state index contributed by atoms with van der Waals surface area (Å²) in [4.78, 5) is 26.2. The molecule has 0 amide bonds. The van der Waals surface area contributed by atoms with Crippen LogP contribution in [0.15, 0.2) is 18.5 Å². The zero-order valence-electron chi connectivity index (χ0n) is 8.89. The summed E-state index contributed by atoms with van der Waals surface area (Å²) >= 11 is 0. The second kappa shape index (κ2) is 4.09. The van der Waals surface area contributed by atoms with Gasteiger partial charge in [-0.05, 0) is 13.0 Å². The predicted molar refractivity (Wildman–Crippen MR) is 55.7 cm³/mol. The molecule has 2 aromatic rings. The number of aryl methyl sites for hydroxylation is 1. The third-order valence-electron chi connectivity index (χ3n) is 2.00. The summed E-state index contributed by atoms with van der Waals surface area (Å²) in [5.41, 5.74) is 0.941. The molecule has 82 valence electrons. The molecule has 0 atom stereocenters. The van der Waals surface area contributed by atoms with Gasteiger partial charge in [-0.3, -0.25) is 0 Å². The molecule has 0 aliphatic heterocycles. The maximum absolute atomic E-state index is 11.2. The number of aromatic nitrogens is 4. The molecule has 0 saturated carbocycles. The van der Waals surface area contributed by atoms with Crippen LogP contribution in [0.25, 0.3) is 11.5 Å². The fraction of sp³-hybridized carbons (Fsp3) is 0.200. The van der Waals surface area contributed by atoms with Gasteiger partial charge in [-0.2, -0.15) is 0 Å². The van der Waals surface area contributed by atoms with Crippen LogP contribution in [0.3, 0.4) is 0 Å². The van der Waals surface area contributed by atoms with Gasteiger partial charge in [-0.25, -0.2) is 19.7 Å². The van der Waals surface area contributed by atoms with E-state index in [1.54, 1.807) is 19.2 Å². The van der Waals surface area contributed by atoms with Crippen LogP contribution in [0.2, 0.25) is 0 Å². The van der Waals surface area contributed by atoms with E-state index in [9.17, 15) is 4.79 Å². The van der Waals surface area contributed by atoms with Crippen molar-refractivity contribution in [2.45, 2.75) is 6.92 Å². The van der Waals surface area contributed by atoms with Gasteiger partial charge in [0, 0.05) is 6.20 Å². The molecular formula is C10H10N4O2. The minimum absolute atomic E-state index is 0.300. The van der Waals surface area contributed by atoms with E-state index in [0.29, 0.717) is 23.0 Å². The molecule has 0 aliphatic carbocycles. The highest BCUT2D eigenvalue weighted by Crippen LogP contribution is 2.12. The zero-order valence-corrected chi connectivity index (χ0v) is 8.89. The summed E-state index contributed by atoms with van der Waals surface area (Å²) in [5.74, 6) is 0.712. The number of ether oxygens (including phenoxy) is 1. The first-order chi connectivity index (χ1) is 7.70. The lowest BCUT2D eigenvalue weighted by Crippen LogP contribution is -2.01. The fourth-order valence-electron chi connectivity index (χ4n) is 1.25. The van der Waals surface area contributed by atoms with Crippen molar-refractivity contribution in [2.24, 2.45) is 0 Å². The first-order valence-electron chi connectivity index (χ1n) is 4.64. The van der Waals surface area contributed by atoms with Crippen molar-refractivity contribution in [3.8, 4) is 11.5 Å². The molecule has 0 bridgehead atoms. The Morgan fingerprint density at radius 1 is 1.44 bits per heavy atom. The van der Waals surface area contributed by atoms with Crippen LogP contribution in [-0.2, 0) is 4.74 Å². The summed E-state index contributed by atoms with van der Waals surface area (Å²) in [7, 11) is 1.32. The average molecular weight is 218 g/mol. The van der Waals surface area contributed by atoms with Gasteiger partial charge in [0.1, 0.15) is 17.2 Å². The summed E-state index contributed by atoms with van der Waals surface area (Å²) in [6.07, 6.45) is 3.05. The second-order valence-corrected chi connectivity index (χ2v) is 3.13. The quantitative estimate of drug-likeness (QED) is 0.759. The largest absolute Gasteiger partial charge is 0.464 e. The average Bonchev–Trinajstić information content (AvgIpc) is 2.77. The Bertz CT molecular complexity index is 521. The van der Waals surface area contributed by atoms with Crippen LogP contribution in [-0.4, -0.2) is 33.0 Å². The Hall–Kier alpha value is -2.24. The molecule has 0 unspecified atom stereocenters. The van der Waals surface area contributed by atoms with Gasteiger partial charge >= 0.3 is 5.97 Å². The molecule has 2 rings (SSSR count). The van der Waals surface area contributed by atoms with Gasteiger partial charge in [0.05, 0.1) is 13.3 Å². The number of aromatic amines is 1. The molecular weight excluding hydrogens is 208 g/mol. The van der Waals surface area contributed by atoms with Crippen LogP contribution in [0.5, 0.6) is 0 Å². The standard InChI is InChI=1S/C10H10N4O2/c1-6-11-4-3-7(13-6)9-12-5-8(14-9)10(15)16-2/h3-5H,1-2H3,(H,12,14). The molecule has 6 heteroatoms. The van der Waals surface area contributed by atoms with Crippen molar-refractivity contribution in [3.63, 3.8) is 0 Å². The number of H-pyrrole nitrogens is 1. The Morgan fingerprint density at radius 2 is 2.25 bits per heavy atom. The number of nitrogens with zero attached hydrogens (tertiary/aromatic N) is 3. The maximum Gasteiger partial charge on any atom is 0.356 e. The van der Waals surface area contributed by atoms with Crippen molar-refractivity contribution in [2.75, 3.05) is 7.11 Å². The van der Waals surface area contributed by atoms with E-state index in [0.717, 1.165) is 0 Å². The maximum atomic E-state index is 11.2. The molecule has 0 fully saturated rings. The molecule has 1 N–H and O–H groups in total. The minimum Gasteiger partial charge on any atom is -0.464 e. The third kappa shape index (κ3) is 1.90. The van der Waals surface area contributed by atoms with E-state index < -0.39 is 5.97 Å². The third-order valence-corrected chi connectivity index (χ3v) is 2.00. The number of carbonyl (C=O) groups is 1. The van der Waals surface area contributed by atoms with Crippen LogP contribution in [0.1, 0.15) is 16.3 Å². The van der Waals surface area contributed by atoms with Crippen molar-refractivity contribution in [3.05, 3.63) is 30.0 Å². The van der Waals surface area contributed by atoms with E-state index in [1.807, 2.05) is 0 Å². The molecule has 0 radical (unpaired) electrons. The Morgan fingerprint density at radius 3 is 2.94 bits per heavy atom. The highest BCUT2D eigenvalue weighted by Gasteiger charge is 2.11. The van der Waals surface area contributed by atoms with Gasteiger partial charge in [0.15, 0.2) is 5.82 Å². The summed E-state index contributed by atoms with van der Waals surface area (Å²) in [5, 5.41) is 0. The fourth-order valence-corrected chi connectivity index (χ4v) is 1.25. The molecule has 0 saturated heterocycles. The number of carbonyl (C=O) groups excluding carboxylic acids is 1. The molecule has 0 aliphatic rings. The lowest BCUT2D eigenvalue weighted by molar-refractivity contribution is 0.0595.